The summed E-state index contributed by atoms with van der Waals surface area (Å²) in [5.74, 6) is -0.335. The molecule has 1 rings (SSSR count). The predicted octanol–water partition coefficient (Wildman–Crippen LogP) is 1.21. The van der Waals surface area contributed by atoms with Crippen LogP contribution < -0.4 is 0 Å². The molecule has 0 spiro atoms. The number of ether oxygens (including phenoxy) is 2. The number of hydrogen-bond acceptors (Lipinski definition) is 5. The van der Waals surface area contributed by atoms with Gasteiger partial charge in [0.05, 0.1) is 13.1 Å². The number of hydrogen-bond donors (Lipinski definition) is 0. The van der Waals surface area contributed by atoms with Crippen LogP contribution >= 0.6 is 0 Å². The van der Waals surface area contributed by atoms with Gasteiger partial charge in [-0.2, -0.15) is 0 Å². The Morgan fingerprint density at radius 1 is 1.50 bits per heavy atom. The molecule has 0 amide bonds. The molecule has 1 heterocycles. The van der Waals surface area contributed by atoms with E-state index in [1.165, 1.54) is 0 Å². The van der Waals surface area contributed by atoms with E-state index >= 15 is 0 Å². The van der Waals surface area contributed by atoms with Crippen LogP contribution in [0.5, 0.6) is 0 Å². The maximum Gasteiger partial charge on any atom is 0.320 e. The van der Waals surface area contributed by atoms with Crippen molar-refractivity contribution in [2.24, 2.45) is 5.92 Å². The van der Waals surface area contributed by atoms with Gasteiger partial charge in [0.2, 0.25) is 0 Å². The van der Waals surface area contributed by atoms with E-state index in [-0.39, 0.29) is 37.0 Å². The summed E-state index contributed by atoms with van der Waals surface area (Å²) in [5.41, 5.74) is -0.495. The van der Waals surface area contributed by atoms with E-state index in [1.807, 2.05) is 34.6 Å². The highest BCUT2D eigenvalue weighted by atomic mass is 16.6. The van der Waals surface area contributed by atoms with Crippen LogP contribution in [0, 0.1) is 5.92 Å². The van der Waals surface area contributed by atoms with E-state index in [4.69, 9.17) is 9.47 Å². The van der Waals surface area contributed by atoms with Crippen molar-refractivity contribution in [1.82, 2.24) is 4.90 Å². The van der Waals surface area contributed by atoms with Gasteiger partial charge in [-0.25, -0.2) is 0 Å². The Bertz CT molecular complexity index is 319. The Kier molecular flexibility index (Phi) is 4.73. The van der Waals surface area contributed by atoms with E-state index in [0.29, 0.717) is 6.54 Å². The number of carbonyl (C=O) groups is 2. The summed E-state index contributed by atoms with van der Waals surface area (Å²) in [7, 11) is 0. The molecule has 0 bridgehead atoms. The van der Waals surface area contributed by atoms with Crippen LogP contribution in [-0.4, -0.2) is 48.2 Å². The molecule has 1 aliphatic heterocycles. The summed E-state index contributed by atoms with van der Waals surface area (Å²) in [6.45, 7) is 10.3. The van der Waals surface area contributed by atoms with Gasteiger partial charge in [0.1, 0.15) is 11.7 Å². The van der Waals surface area contributed by atoms with Gasteiger partial charge in [0.25, 0.3) is 0 Å². The van der Waals surface area contributed by atoms with Crippen molar-refractivity contribution < 1.29 is 19.1 Å². The lowest BCUT2D eigenvalue weighted by molar-refractivity contribution is -0.166. The van der Waals surface area contributed by atoms with Gasteiger partial charge in [-0.15, -0.1) is 0 Å². The summed E-state index contributed by atoms with van der Waals surface area (Å²) >= 11 is 0. The highest BCUT2D eigenvalue weighted by Crippen LogP contribution is 2.15. The van der Waals surface area contributed by atoms with Crippen molar-refractivity contribution in [2.75, 3.05) is 19.6 Å². The van der Waals surface area contributed by atoms with Gasteiger partial charge in [0.15, 0.2) is 0 Å². The molecule has 0 aliphatic carbocycles. The van der Waals surface area contributed by atoms with Gasteiger partial charge in [-0.05, 0) is 26.7 Å². The molecule has 1 aliphatic rings. The molecule has 0 aromatic heterocycles. The zero-order valence-corrected chi connectivity index (χ0v) is 11.9. The summed E-state index contributed by atoms with van der Waals surface area (Å²) in [5, 5.41) is 0. The highest BCUT2D eigenvalue weighted by molar-refractivity contribution is 5.76. The summed E-state index contributed by atoms with van der Waals surface area (Å²) < 4.78 is 10.5. The van der Waals surface area contributed by atoms with Crippen LogP contribution in [0.2, 0.25) is 0 Å². The monoisotopic (exact) mass is 257 g/mol. The van der Waals surface area contributed by atoms with Crippen molar-refractivity contribution in [3.8, 4) is 0 Å². The minimum Gasteiger partial charge on any atom is -0.460 e. The third kappa shape index (κ3) is 5.04. The average Bonchev–Trinajstić information content (AvgIpc) is 2.12. The number of esters is 2. The van der Waals surface area contributed by atoms with E-state index < -0.39 is 5.60 Å². The zero-order valence-electron chi connectivity index (χ0n) is 11.9. The quantitative estimate of drug-likeness (QED) is 0.711. The largest absolute Gasteiger partial charge is 0.460 e. The maximum absolute atomic E-state index is 11.7. The summed E-state index contributed by atoms with van der Waals surface area (Å²) in [6.07, 6.45) is -0.145. The van der Waals surface area contributed by atoms with Crippen molar-refractivity contribution in [3.63, 3.8) is 0 Å². The van der Waals surface area contributed by atoms with Gasteiger partial charge in [-0.3, -0.25) is 14.5 Å². The normalized spacial score (nSPS) is 21.9. The van der Waals surface area contributed by atoms with Crippen molar-refractivity contribution in [2.45, 2.75) is 46.3 Å². The molecule has 5 heteroatoms. The molecular weight excluding hydrogens is 234 g/mol. The molecular formula is C13H23NO4. The third-order valence-electron chi connectivity index (χ3n) is 2.59. The van der Waals surface area contributed by atoms with Gasteiger partial charge in [-0.1, -0.05) is 13.8 Å². The highest BCUT2D eigenvalue weighted by Gasteiger charge is 2.30. The van der Waals surface area contributed by atoms with Gasteiger partial charge >= 0.3 is 11.9 Å². The average molecular weight is 257 g/mol. The molecule has 104 valence electrons. The molecule has 1 atom stereocenters. The molecule has 0 aromatic carbocycles. The van der Waals surface area contributed by atoms with Crippen molar-refractivity contribution in [3.05, 3.63) is 0 Å². The number of cyclic esters (lactones) is 1. The van der Waals surface area contributed by atoms with Crippen LogP contribution in [0.15, 0.2) is 0 Å². The molecule has 18 heavy (non-hydrogen) atoms. The predicted molar refractivity (Wildman–Crippen MR) is 67.0 cm³/mol. The van der Waals surface area contributed by atoms with Crippen molar-refractivity contribution >= 4 is 11.9 Å². The number of morpholine rings is 1. The first-order valence-electron chi connectivity index (χ1n) is 6.31. The first-order valence-corrected chi connectivity index (χ1v) is 6.31. The Labute approximate surface area is 108 Å². The molecule has 1 saturated heterocycles. The number of carbonyl (C=O) groups excluding carboxylic acids is 2. The van der Waals surface area contributed by atoms with Gasteiger partial charge in [0, 0.05) is 6.54 Å². The Morgan fingerprint density at radius 2 is 2.11 bits per heavy atom. The zero-order chi connectivity index (χ0) is 13.9. The fraction of sp³-hybridized carbons (Fsp3) is 0.846. The molecule has 5 nitrogen and oxygen atoms in total. The second-order valence-corrected chi connectivity index (χ2v) is 6.03. The van der Waals surface area contributed by atoms with Crippen molar-refractivity contribution in [1.29, 1.82) is 0 Å². The minimum atomic E-state index is -0.495. The molecule has 1 fully saturated rings. The van der Waals surface area contributed by atoms with Gasteiger partial charge < -0.3 is 9.47 Å². The van der Waals surface area contributed by atoms with Crippen LogP contribution in [0.25, 0.3) is 0 Å². The fourth-order valence-electron chi connectivity index (χ4n) is 1.77. The molecule has 0 N–H and O–H groups in total. The van der Waals surface area contributed by atoms with E-state index in [2.05, 4.69) is 0 Å². The summed E-state index contributed by atoms with van der Waals surface area (Å²) in [4.78, 5) is 24.9. The third-order valence-corrected chi connectivity index (χ3v) is 2.59. The Hall–Kier alpha value is -1.10. The SMILES string of the molecule is CC(C)[C@@H]1CN(CC(=O)OC(C)(C)C)CC(=O)O1. The maximum atomic E-state index is 11.7. The molecule has 0 aromatic rings. The second kappa shape index (κ2) is 5.69. The lowest BCUT2D eigenvalue weighted by Gasteiger charge is -2.33. The first kappa shape index (κ1) is 15.0. The topological polar surface area (TPSA) is 55.8 Å². The van der Waals surface area contributed by atoms with Crippen LogP contribution in [0.4, 0.5) is 0 Å². The van der Waals surface area contributed by atoms with E-state index in [0.717, 1.165) is 0 Å². The lowest BCUT2D eigenvalue weighted by atomic mass is 10.1. The molecule has 0 unspecified atom stereocenters. The molecule has 0 radical (unpaired) electrons. The number of rotatable bonds is 3. The lowest BCUT2D eigenvalue weighted by Crippen LogP contribution is -2.49. The van der Waals surface area contributed by atoms with E-state index in [1.54, 1.807) is 4.90 Å². The fourth-order valence-corrected chi connectivity index (χ4v) is 1.77. The van der Waals surface area contributed by atoms with Crippen LogP contribution in [0.1, 0.15) is 34.6 Å². The van der Waals surface area contributed by atoms with Crippen LogP contribution in [0.3, 0.4) is 0 Å². The number of nitrogens with zero attached hydrogens (tertiary/aromatic N) is 1. The van der Waals surface area contributed by atoms with E-state index in [9.17, 15) is 9.59 Å². The first-order chi connectivity index (χ1) is 8.17. The summed E-state index contributed by atoms with van der Waals surface area (Å²) in [6, 6.07) is 0. The molecule has 0 saturated carbocycles. The minimum absolute atomic E-state index is 0.135. The second-order valence-electron chi connectivity index (χ2n) is 6.03. The standard InChI is InChI=1S/C13H23NO4/c1-9(2)10-6-14(7-11(15)17-10)8-12(16)18-13(3,4)5/h9-10H,6-8H2,1-5H3/t10-/m0/s1. The smallest absolute Gasteiger partial charge is 0.320 e. The Balaban J connectivity index is 2.51. The van der Waals surface area contributed by atoms with Crippen LogP contribution in [-0.2, 0) is 19.1 Å². The Morgan fingerprint density at radius 3 is 2.61 bits per heavy atom.